The minimum atomic E-state index is -3.41. The molecule has 0 amide bonds. The normalized spacial score (nSPS) is 9.08. The Morgan fingerprint density at radius 2 is 1.62 bits per heavy atom. The maximum atomic E-state index is 10.5. The molecule has 2 N–H and O–H groups in total. The molecule has 68 valence electrons. The Hall–Kier alpha value is 2.87. The van der Waals surface area contributed by atoms with Gasteiger partial charge < -0.3 is 0 Å². The van der Waals surface area contributed by atoms with Crippen LogP contribution in [0.3, 0.4) is 0 Å². The number of nitrogens with two attached hydrogens (primary N) is 1. The fourth-order valence-electron chi connectivity index (χ4n) is 0.577. The molecule has 0 rings (SSSR count). The summed E-state index contributed by atoms with van der Waals surface area (Å²) in [5.41, 5.74) is 0. The molecule has 0 saturated carbocycles. The van der Waals surface area contributed by atoms with Crippen molar-refractivity contribution in [1.82, 2.24) is 0 Å². The van der Waals surface area contributed by atoms with Crippen LogP contribution in [-0.2, 0) is 14.4 Å². The third-order valence-corrected chi connectivity index (χ3v) is 2.23. The van der Waals surface area contributed by atoms with Crippen LogP contribution in [0.5, 0.6) is 0 Å². The molecule has 0 atom stereocenters. The number of rotatable bonds is 5. The predicted molar refractivity (Wildman–Crippen MR) is 60.0 cm³/mol. The molecule has 0 saturated heterocycles. The average Bonchev–Trinajstić information content (AvgIpc) is 1.89. The monoisotopic (exact) mass is 239 g/mol. The van der Waals surface area contributed by atoms with Crippen molar-refractivity contribution in [2.45, 2.75) is 26.2 Å². The van der Waals surface area contributed by atoms with Gasteiger partial charge in [0, 0.05) is 0 Å². The molecule has 0 aromatic carbocycles. The fraction of sp³-hybridized carbons (Fsp3) is 1.00. The van der Waals surface area contributed by atoms with E-state index >= 15 is 0 Å². The number of hydrogen-bond acceptors (Lipinski definition) is 4. The van der Waals surface area contributed by atoms with Crippen LogP contribution in [-0.4, -0.2) is 103 Å². The van der Waals surface area contributed by atoms with Crippen molar-refractivity contribution in [2.75, 3.05) is 5.75 Å². The van der Waals surface area contributed by atoms with E-state index in [4.69, 9.17) is 0 Å². The summed E-state index contributed by atoms with van der Waals surface area (Å²) in [4.78, 5) is 0. The third kappa shape index (κ3) is 17.5. The quantitative estimate of drug-likeness (QED) is 0.358. The van der Waals surface area contributed by atoms with Crippen LogP contribution in [0.4, 0.5) is 0 Å². The van der Waals surface area contributed by atoms with Crippen LogP contribution < -0.4 is 5.90 Å². The van der Waals surface area contributed by atoms with Crippen molar-refractivity contribution in [3.63, 3.8) is 0 Å². The van der Waals surface area contributed by atoms with E-state index in [-0.39, 0.29) is 94.4 Å². The second-order valence-electron chi connectivity index (χ2n) is 2.07. The molecule has 0 aliphatic carbocycles. The van der Waals surface area contributed by atoms with E-state index in [9.17, 15) is 8.42 Å². The molecule has 0 aliphatic rings. The Kier molecular flexibility index (Phi) is 28.5. The molecule has 0 aliphatic heterocycles. The van der Waals surface area contributed by atoms with Crippen molar-refractivity contribution in [1.29, 1.82) is 0 Å². The molecular formula is C5H16NNa3O3S. The van der Waals surface area contributed by atoms with Gasteiger partial charge in [-0.15, -0.1) is 0 Å². The molecule has 0 bridgehead atoms. The van der Waals surface area contributed by atoms with Crippen molar-refractivity contribution in [3.8, 4) is 0 Å². The first kappa shape index (κ1) is 24.9. The zero-order valence-electron chi connectivity index (χ0n) is 6.04. The van der Waals surface area contributed by atoms with Crippen molar-refractivity contribution in [3.05, 3.63) is 0 Å². The van der Waals surface area contributed by atoms with Gasteiger partial charge in [-0.3, -0.25) is 0 Å². The van der Waals surface area contributed by atoms with Crippen molar-refractivity contribution >= 4 is 98.8 Å². The molecule has 0 spiro atoms. The summed E-state index contributed by atoms with van der Waals surface area (Å²) < 4.78 is 24.8. The first-order valence-electron chi connectivity index (χ1n) is 3.23. The second-order valence-corrected chi connectivity index (χ2v) is 3.78. The van der Waals surface area contributed by atoms with Gasteiger partial charge in [-0.05, 0) is 6.42 Å². The van der Waals surface area contributed by atoms with Gasteiger partial charge in [0.25, 0.3) is 10.1 Å². The van der Waals surface area contributed by atoms with Crippen molar-refractivity contribution < 1.29 is 12.7 Å². The van der Waals surface area contributed by atoms with Gasteiger partial charge in [-0.1, -0.05) is 19.8 Å². The molecule has 0 aromatic heterocycles. The Labute approximate surface area is 147 Å². The summed E-state index contributed by atoms with van der Waals surface area (Å²) in [6.07, 6.45) is 2.50. The Balaban J connectivity index is -0.000000135. The van der Waals surface area contributed by atoms with E-state index in [1.807, 2.05) is 6.92 Å². The summed E-state index contributed by atoms with van der Waals surface area (Å²) in [6, 6.07) is 0. The Morgan fingerprint density at radius 3 is 1.92 bits per heavy atom. The molecule has 0 fully saturated rings. The van der Waals surface area contributed by atoms with E-state index in [0.717, 1.165) is 12.8 Å². The third-order valence-electron chi connectivity index (χ3n) is 1.14. The summed E-state index contributed by atoms with van der Waals surface area (Å²) in [5, 5.41) is 0. The number of unbranched alkanes of at least 4 members (excludes halogenated alkanes) is 2. The minimum absolute atomic E-state index is 0. The van der Waals surface area contributed by atoms with Crippen LogP contribution in [0, 0.1) is 0 Å². The first-order valence-corrected chi connectivity index (χ1v) is 4.81. The predicted octanol–water partition coefficient (Wildman–Crippen LogP) is -1.55. The second kappa shape index (κ2) is 14.9. The van der Waals surface area contributed by atoms with Gasteiger partial charge in [0.2, 0.25) is 0 Å². The zero-order valence-corrected chi connectivity index (χ0v) is 6.86. The summed E-state index contributed by atoms with van der Waals surface area (Å²) >= 11 is 0. The average molecular weight is 239 g/mol. The molecule has 0 heterocycles. The molecule has 0 unspecified atom stereocenters. The van der Waals surface area contributed by atoms with Gasteiger partial charge in [-0.2, -0.15) is 18.6 Å². The van der Waals surface area contributed by atoms with Gasteiger partial charge in [-0.25, -0.2) is 0 Å². The zero-order chi connectivity index (χ0) is 8.04. The standard InChI is InChI=1S/C5H13NO3S.3Na.3H/c1-2-3-4-5-10(7,8)9-6;;;;;;/h2-6H2,1H3;;;;;;. The number of hydrogen-bond donors (Lipinski definition) is 1. The SMILES string of the molecule is CCCCCS(=O)(=O)ON.[NaH].[NaH].[NaH]. The summed E-state index contributed by atoms with van der Waals surface area (Å²) in [7, 11) is -3.41. The van der Waals surface area contributed by atoms with Crippen LogP contribution in [0.15, 0.2) is 0 Å². The molecule has 8 heteroatoms. The van der Waals surface area contributed by atoms with Crippen LogP contribution in [0.1, 0.15) is 26.2 Å². The van der Waals surface area contributed by atoms with Gasteiger partial charge >= 0.3 is 88.7 Å². The van der Waals surface area contributed by atoms with E-state index in [1.165, 1.54) is 0 Å². The van der Waals surface area contributed by atoms with Crippen LogP contribution >= 0.6 is 0 Å². The topological polar surface area (TPSA) is 69.4 Å². The van der Waals surface area contributed by atoms with Gasteiger partial charge in [0.05, 0.1) is 5.75 Å². The van der Waals surface area contributed by atoms with Crippen molar-refractivity contribution in [2.24, 2.45) is 5.90 Å². The Bertz CT molecular complexity index is 174. The van der Waals surface area contributed by atoms with E-state index in [2.05, 4.69) is 10.2 Å². The summed E-state index contributed by atoms with van der Waals surface area (Å²) in [5.74, 6) is 4.53. The summed E-state index contributed by atoms with van der Waals surface area (Å²) in [6.45, 7) is 2.00. The Morgan fingerprint density at radius 1 is 1.15 bits per heavy atom. The first-order chi connectivity index (χ1) is 4.62. The van der Waals surface area contributed by atoms with E-state index in [0.29, 0.717) is 6.42 Å². The molecule has 13 heavy (non-hydrogen) atoms. The van der Waals surface area contributed by atoms with E-state index < -0.39 is 10.1 Å². The fourth-order valence-corrected chi connectivity index (χ4v) is 1.23. The van der Waals surface area contributed by atoms with Gasteiger partial charge in [0.15, 0.2) is 0 Å². The maximum absolute atomic E-state index is 10.5. The van der Waals surface area contributed by atoms with Crippen LogP contribution in [0.2, 0.25) is 0 Å². The van der Waals surface area contributed by atoms with Gasteiger partial charge in [0.1, 0.15) is 0 Å². The van der Waals surface area contributed by atoms with Crippen LogP contribution in [0.25, 0.3) is 0 Å². The van der Waals surface area contributed by atoms with E-state index in [1.54, 1.807) is 0 Å². The molecule has 0 aromatic rings. The molecule has 0 radical (unpaired) electrons. The molecule has 4 nitrogen and oxygen atoms in total. The molecular weight excluding hydrogens is 223 g/mol.